The molecule has 2 radical (unpaired) electrons. The Balaban J connectivity index is 2.06. The van der Waals surface area contributed by atoms with Gasteiger partial charge in [0.1, 0.15) is 0 Å². The summed E-state index contributed by atoms with van der Waals surface area (Å²) in [4.78, 5) is 0. The third-order valence-electron chi connectivity index (χ3n) is 1.80. The van der Waals surface area contributed by atoms with Crippen molar-refractivity contribution in [3.05, 3.63) is 0 Å². The number of rotatable bonds is 2. The molecule has 0 spiro atoms. The molecule has 0 nitrogen and oxygen atoms in total. The van der Waals surface area contributed by atoms with E-state index in [9.17, 15) is 0 Å². The van der Waals surface area contributed by atoms with Crippen LogP contribution in [0.4, 0.5) is 0 Å². The molecule has 0 bridgehead atoms. The fraction of sp³-hybridized carbons (Fsp3) is 1.00. The zero-order valence-electron chi connectivity index (χ0n) is 5.61. The first-order valence-corrected chi connectivity index (χ1v) is 6.36. The molecule has 1 aliphatic heterocycles. The summed E-state index contributed by atoms with van der Waals surface area (Å²) < 4.78 is 1.24. The molecule has 1 unspecified atom stereocenters. The second kappa shape index (κ2) is 3.55. The summed E-state index contributed by atoms with van der Waals surface area (Å²) in [6.07, 6.45) is 6.10. The first-order valence-electron chi connectivity index (χ1n) is 3.67. The van der Waals surface area contributed by atoms with Crippen LogP contribution in [0.2, 0.25) is 10.0 Å². The standard InChI is InChI=1S/C7H14Ge/c1-2-4-7-5-3-6-8-7/h7H,2-6H2,1H3. The van der Waals surface area contributed by atoms with E-state index >= 15 is 0 Å². The average Bonchev–Trinajstić information content (AvgIpc) is 2.19. The Hall–Kier alpha value is 0.543. The van der Waals surface area contributed by atoms with Crippen LogP contribution in [0.5, 0.6) is 0 Å². The molecule has 0 aliphatic carbocycles. The van der Waals surface area contributed by atoms with Gasteiger partial charge < -0.3 is 0 Å². The summed E-state index contributed by atoms with van der Waals surface area (Å²) in [6.45, 7) is 2.31. The quantitative estimate of drug-likeness (QED) is 0.559. The molecule has 46 valence electrons. The molecular formula is C7H14Ge. The van der Waals surface area contributed by atoms with Gasteiger partial charge in [0.05, 0.1) is 0 Å². The fourth-order valence-electron chi connectivity index (χ4n) is 1.35. The van der Waals surface area contributed by atoms with Crippen molar-refractivity contribution in [2.24, 2.45) is 0 Å². The Bertz CT molecular complexity index is 55.4. The molecule has 0 N–H and O–H groups in total. The molecule has 0 amide bonds. The first kappa shape index (κ1) is 6.66. The fourth-order valence-corrected chi connectivity index (χ4v) is 4.96. The van der Waals surface area contributed by atoms with Gasteiger partial charge in [-0.15, -0.1) is 0 Å². The molecule has 1 heterocycles. The Kier molecular flexibility index (Phi) is 2.95. The number of hydrogen-bond donors (Lipinski definition) is 0. The van der Waals surface area contributed by atoms with E-state index in [0.717, 1.165) is 0 Å². The van der Waals surface area contributed by atoms with Crippen LogP contribution in [0.25, 0.3) is 0 Å². The van der Waals surface area contributed by atoms with Crippen molar-refractivity contribution < 1.29 is 0 Å². The van der Waals surface area contributed by atoms with Crippen LogP contribution in [-0.2, 0) is 0 Å². The molecule has 1 saturated heterocycles. The second-order valence-corrected chi connectivity index (χ2v) is 6.20. The summed E-state index contributed by atoms with van der Waals surface area (Å²) in [5, 5.41) is 1.63. The topological polar surface area (TPSA) is 0 Å². The first-order chi connectivity index (χ1) is 3.93. The minimum atomic E-state index is 0.554. The van der Waals surface area contributed by atoms with Crippen LogP contribution < -0.4 is 0 Å². The van der Waals surface area contributed by atoms with E-state index in [2.05, 4.69) is 6.92 Å². The molecule has 1 fully saturated rings. The van der Waals surface area contributed by atoms with Gasteiger partial charge >= 0.3 is 58.0 Å². The second-order valence-electron chi connectivity index (χ2n) is 2.58. The van der Waals surface area contributed by atoms with Gasteiger partial charge in [-0.3, -0.25) is 0 Å². The van der Waals surface area contributed by atoms with Crippen molar-refractivity contribution in [1.82, 2.24) is 0 Å². The Morgan fingerprint density at radius 3 is 3.00 bits per heavy atom. The SMILES string of the molecule is CCC[CH]1CC[CH2][Ge]1. The maximum absolute atomic E-state index is 2.31. The van der Waals surface area contributed by atoms with Gasteiger partial charge in [0.25, 0.3) is 0 Å². The molecule has 0 aromatic carbocycles. The average molecular weight is 171 g/mol. The molecule has 1 rings (SSSR count). The van der Waals surface area contributed by atoms with Gasteiger partial charge in [0.15, 0.2) is 0 Å². The van der Waals surface area contributed by atoms with Gasteiger partial charge in [-0.2, -0.15) is 0 Å². The van der Waals surface area contributed by atoms with Crippen LogP contribution in [-0.4, -0.2) is 15.4 Å². The van der Waals surface area contributed by atoms with E-state index in [-0.39, 0.29) is 0 Å². The predicted molar refractivity (Wildman–Crippen MR) is 38.5 cm³/mol. The van der Waals surface area contributed by atoms with Crippen LogP contribution in [0.1, 0.15) is 32.6 Å². The van der Waals surface area contributed by atoms with E-state index in [1.807, 2.05) is 0 Å². The number of hydrogen-bond acceptors (Lipinski definition) is 0. The maximum atomic E-state index is 2.31. The Morgan fingerprint density at radius 2 is 2.50 bits per heavy atom. The van der Waals surface area contributed by atoms with Gasteiger partial charge in [0.2, 0.25) is 0 Å². The zero-order chi connectivity index (χ0) is 5.82. The van der Waals surface area contributed by atoms with Crippen molar-refractivity contribution in [1.29, 1.82) is 0 Å². The summed E-state index contributed by atoms with van der Waals surface area (Å²) in [6, 6.07) is 0. The zero-order valence-corrected chi connectivity index (χ0v) is 7.71. The third-order valence-corrected chi connectivity index (χ3v) is 5.57. The van der Waals surface area contributed by atoms with E-state index in [4.69, 9.17) is 0 Å². The van der Waals surface area contributed by atoms with Crippen molar-refractivity contribution in [2.75, 3.05) is 0 Å². The summed E-state index contributed by atoms with van der Waals surface area (Å²) in [5.41, 5.74) is 0. The Labute approximate surface area is 58.5 Å². The van der Waals surface area contributed by atoms with Crippen LogP contribution in [0, 0.1) is 0 Å². The van der Waals surface area contributed by atoms with E-state index in [1.165, 1.54) is 11.2 Å². The van der Waals surface area contributed by atoms with Crippen molar-refractivity contribution >= 4 is 15.4 Å². The molecule has 1 aliphatic rings. The molecule has 1 heteroatoms. The predicted octanol–water partition coefficient (Wildman–Crippen LogP) is 2.49. The van der Waals surface area contributed by atoms with Crippen molar-refractivity contribution in [2.45, 2.75) is 42.6 Å². The molecule has 8 heavy (non-hydrogen) atoms. The summed E-state index contributed by atoms with van der Waals surface area (Å²) in [5.74, 6) is 0. The minimum absolute atomic E-state index is 0.554. The monoisotopic (exact) mass is 172 g/mol. The molecule has 0 saturated carbocycles. The van der Waals surface area contributed by atoms with E-state index < -0.39 is 0 Å². The Morgan fingerprint density at radius 1 is 1.62 bits per heavy atom. The van der Waals surface area contributed by atoms with Crippen LogP contribution in [0.3, 0.4) is 0 Å². The van der Waals surface area contributed by atoms with Gasteiger partial charge in [-0.05, 0) is 0 Å². The summed E-state index contributed by atoms with van der Waals surface area (Å²) in [7, 11) is 0. The molecule has 1 atom stereocenters. The van der Waals surface area contributed by atoms with Crippen LogP contribution >= 0.6 is 0 Å². The van der Waals surface area contributed by atoms with Gasteiger partial charge in [-0.25, -0.2) is 0 Å². The molecule has 0 aromatic rings. The van der Waals surface area contributed by atoms with Crippen molar-refractivity contribution in [3.8, 4) is 0 Å². The van der Waals surface area contributed by atoms with E-state index in [0.29, 0.717) is 15.4 Å². The third kappa shape index (κ3) is 1.81. The van der Waals surface area contributed by atoms with Crippen LogP contribution in [0.15, 0.2) is 0 Å². The molecular weight excluding hydrogens is 157 g/mol. The normalized spacial score (nSPS) is 28.9. The van der Waals surface area contributed by atoms with E-state index in [1.54, 1.807) is 24.5 Å². The van der Waals surface area contributed by atoms with Gasteiger partial charge in [0, 0.05) is 0 Å². The van der Waals surface area contributed by atoms with Crippen molar-refractivity contribution in [3.63, 3.8) is 0 Å². The van der Waals surface area contributed by atoms with Gasteiger partial charge in [-0.1, -0.05) is 0 Å². The summed E-state index contributed by atoms with van der Waals surface area (Å²) >= 11 is 0.554. The molecule has 0 aromatic heterocycles.